The third-order valence-electron chi connectivity index (χ3n) is 3.99. The van der Waals surface area contributed by atoms with Crippen LogP contribution in [0.5, 0.6) is 0 Å². The number of carbonyl (C=O) groups excluding carboxylic acids is 1. The molecule has 7 heteroatoms. The number of aromatic nitrogens is 2. The molecule has 2 amide bonds. The summed E-state index contributed by atoms with van der Waals surface area (Å²) in [5, 5.41) is 5.63. The van der Waals surface area contributed by atoms with E-state index in [1.807, 2.05) is 37.3 Å². The number of hydrogen-bond donors (Lipinski definition) is 2. The minimum Gasteiger partial charge on any atom is -0.307 e. The van der Waals surface area contributed by atoms with Gasteiger partial charge in [-0.25, -0.2) is 9.59 Å². The van der Waals surface area contributed by atoms with Gasteiger partial charge in [0.1, 0.15) is 0 Å². The van der Waals surface area contributed by atoms with E-state index >= 15 is 0 Å². The second-order valence-corrected chi connectivity index (χ2v) is 6.47. The maximum atomic E-state index is 12.3. The molecular weight excluding hydrogens is 372 g/mol. The summed E-state index contributed by atoms with van der Waals surface area (Å²) in [6.07, 6.45) is 0. The molecule has 1 aromatic heterocycles. The Kier molecular flexibility index (Phi) is 4.19. The largest absolute Gasteiger partial charge is 0.328 e. The van der Waals surface area contributed by atoms with Crippen molar-refractivity contribution in [2.75, 3.05) is 10.6 Å². The van der Waals surface area contributed by atoms with Crippen LogP contribution in [0.2, 0.25) is 0 Å². The molecule has 0 atom stereocenters. The van der Waals surface area contributed by atoms with Gasteiger partial charge in [0.05, 0.1) is 16.7 Å². The quantitative estimate of drug-likeness (QED) is 0.704. The van der Waals surface area contributed by atoms with Crippen LogP contribution < -0.4 is 16.3 Å². The molecule has 3 rings (SSSR count). The van der Waals surface area contributed by atoms with Crippen molar-refractivity contribution in [1.29, 1.82) is 0 Å². The smallest absolute Gasteiger partial charge is 0.307 e. The van der Waals surface area contributed by atoms with Crippen LogP contribution in [0.1, 0.15) is 5.56 Å². The molecule has 0 aliphatic carbocycles. The van der Waals surface area contributed by atoms with Gasteiger partial charge in [-0.15, -0.1) is 0 Å². The van der Waals surface area contributed by atoms with E-state index in [1.165, 1.54) is 0 Å². The zero-order valence-electron chi connectivity index (χ0n) is 13.6. The van der Waals surface area contributed by atoms with E-state index in [4.69, 9.17) is 0 Å². The number of nitrogens with zero attached hydrogens (tertiary/aromatic N) is 2. The Hall–Kier alpha value is -2.54. The van der Waals surface area contributed by atoms with Crippen molar-refractivity contribution in [3.63, 3.8) is 0 Å². The molecule has 2 N–H and O–H groups in total. The van der Waals surface area contributed by atoms with Crippen LogP contribution in [0.3, 0.4) is 0 Å². The molecule has 3 aromatic rings. The van der Waals surface area contributed by atoms with Crippen molar-refractivity contribution in [1.82, 2.24) is 9.13 Å². The Balaban J connectivity index is 1.91. The molecule has 0 unspecified atom stereocenters. The number of amides is 2. The van der Waals surface area contributed by atoms with Crippen LogP contribution in [0.4, 0.5) is 16.2 Å². The minimum absolute atomic E-state index is 0.0979. The second kappa shape index (κ2) is 6.16. The summed E-state index contributed by atoms with van der Waals surface area (Å²) in [6.45, 7) is 1.89. The van der Waals surface area contributed by atoms with Gasteiger partial charge >= 0.3 is 11.7 Å². The first-order valence-corrected chi connectivity index (χ1v) is 8.16. The Morgan fingerprint density at radius 2 is 1.58 bits per heavy atom. The van der Waals surface area contributed by atoms with Gasteiger partial charge in [0.2, 0.25) is 0 Å². The molecule has 0 bridgehead atoms. The Labute approximate surface area is 147 Å². The number of rotatable bonds is 2. The number of para-hydroxylation sites is 1. The zero-order valence-corrected chi connectivity index (χ0v) is 15.1. The first kappa shape index (κ1) is 16.3. The van der Waals surface area contributed by atoms with Gasteiger partial charge in [-0.3, -0.25) is 9.13 Å². The normalized spacial score (nSPS) is 10.8. The summed E-state index contributed by atoms with van der Waals surface area (Å²) < 4.78 is 3.96. The van der Waals surface area contributed by atoms with Crippen molar-refractivity contribution in [2.45, 2.75) is 6.92 Å². The number of aryl methyl sites for hydroxylation is 3. The van der Waals surface area contributed by atoms with Crippen LogP contribution in [0.25, 0.3) is 11.0 Å². The first-order chi connectivity index (χ1) is 11.4. The number of urea groups is 1. The summed E-state index contributed by atoms with van der Waals surface area (Å²) in [4.78, 5) is 24.3. The molecular formula is C17H17BrN4O2. The summed E-state index contributed by atoms with van der Waals surface area (Å²) in [6, 6.07) is 10.7. The lowest BCUT2D eigenvalue weighted by Crippen LogP contribution is -2.20. The number of anilines is 2. The molecule has 0 spiro atoms. The van der Waals surface area contributed by atoms with Gasteiger partial charge in [0.25, 0.3) is 0 Å². The predicted octanol–water partition coefficient (Wildman–Crippen LogP) is 3.59. The van der Waals surface area contributed by atoms with Crippen molar-refractivity contribution in [3.05, 3.63) is 56.9 Å². The van der Waals surface area contributed by atoms with E-state index in [2.05, 4.69) is 26.6 Å². The molecule has 0 radical (unpaired) electrons. The van der Waals surface area contributed by atoms with Gasteiger partial charge in [-0.2, -0.15) is 0 Å². The minimum atomic E-state index is -0.342. The number of carbonyl (C=O) groups is 1. The van der Waals surface area contributed by atoms with Crippen LogP contribution in [-0.2, 0) is 14.1 Å². The highest BCUT2D eigenvalue weighted by molar-refractivity contribution is 9.10. The third kappa shape index (κ3) is 2.82. The van der Waals surface area contributed by atoms with E-state index in [0.717, 1.165) is 21.1 Å². The molecule has 0 aliphatic heterocycles. The van der Waals surface area contributed by atoms with Crippen LogP contribution in [0, 0.1) is 6.92 Å². The highest BCUT2D eigenvalue weighted by atomic mass is 79.9. The summed E-state index contributed by atoms with van der Waals surface area (Å²) in [5.41, 5.74) is 3.72. The highest BCUT2D eigenvalue weighted by Gasteiger charge is 2.12. The fraction of sp³-hybridized carbons (Fsp3) is 0.176. The van der Waals surface area contributed by atoms with E-state index in [-0.39, 0.29) is 11.7 Å². The zero-order chi connectivity index (χ0) is 17.4. The lowest BCUT2D eigenvalue weighted by molar-refractivity contribution is 0.262. The number of imidazole rings is 1. The lowest BCUT2D eigenvalue weighted by Gasteiger charge is -2.11. The van der Waals surface area contributed by atoms with Crippen molar-refractivity contribution >= 4 is 44.4 Å². The Morgan fingerprint density at radius 3 is 2.25 bits per heavy atom. The van der Waals surface area contributed by atoms with Crippen molar-refractivity contribution in [3.8, 4) is 0 Å². The van der Waals surface area contributed by atoms with E-state index in [9.17, 15) is 9.59 Å². The number of benzene rings is 2. The number of fused-ring (bicyclic) bond motifs is 1. The molecule has 0 saturated carbocycles. The highest BCUT2D eigenvalue weighted by Crippen LogP contribution is 2.24. The molecule has 0 fully saturated rings. The van der Waals surface area contributed by atoms with Crippen LogP contribution in [0.15, 0.2) is 45.7 Å². The van der Waals surface area contributed by atoms with E-state index in [1.54, 1.807) is 29.3 Å². The summed E-state index contributed by atoms with van der Waals surface area (Å²) >= 11 is 3.39. The van der Waals surface area contributed by atoms with Crippen LogP contribution >= 0.6 is 15.9 Å². The number of nitrogens with one attached hydrogen (secondary N) is 2. The standard InChI is InChI=1S/C17H17BrN4O2/c1-10-8-14-15(22(3)17(24)21(14)2)9-13(10)20-16(23)19-12-7-5-4-6-11(12)18/h4-9H,1-3H3,(H2,19,20,23). The first-order valence-electron chi connectivity index (χ1n) is 7.37. The van der Waals surface area contributed by atoms with Gasteiger partial charge in [0.15, 0.2) is 0 Å². The fourth-order valence-electron chi connectivity index (χ4n) is 2.62. The summed E-state index contributed by atoms with van der Waals surface area (Å²) in [7, 11) is 3.45. The summed E-state index contributed by atoms with van der Waals surface area (Å²) in [5.74, 6) is 0. The van der Waals surface area contributed by atoms with E-state index in [0.29, 0.717) is 11.4 Å². The third-order valence-corrected chi connectivity index (χ3v) is 4.68. The number of halogens is 1. The monoisotopic (exact) mass is 388 g/mol. The Morgan fingerprint density at radius 1 is 1.00 bits per heavy atom. The SMILES string of the molecule is Cc1cc2c(cc1NC(=O)Nc1ccccc1Br)n(C)c(=O)n2C. The molecule has 6 nitrogen and oxygen atoms in total. The predicted molar refractivity (Wildman–Crippen MR) is 99.7 cm³/mol. The molecule has 1 heterocycles. The molecule has 0 saturated heterocycles. The molecule has 24 heavy (non-hydrogen) atoms. The van der Waals surface area contributed by atoms with Crippen molar-refractivity contribution in [2.24, 2.45) is 14.1 Å². The lowest BCUT2D eigenvalue weighted by atomic mass is 10.1. The van der Waals surface area contributed by atoms with Crippen molar-refractivity contribution < 1.29 is 4.79 Å². The average molecular weight is 389 g/mol. The Bertz CT molecular complexity index is 1000. The number of hydrogen-bond acceptors (Lipinski definition) is 2. The van der Waals surface area contributed by atoms with Gasteiger partial charge in [-0.05, 0) is 52.7 Å². The molecule has 124 valence electrons. The maximum Gasteiger partial charge on any atom is 0.328 e. The molecule has 2 aromatic carbocycles. The van der Waals surface area contributed by atoms with Gasteiger partial charge in [0, 0.05) is 24.3 Å². The topological polar surface area (TPSA) is 68.1 Å². The maximum absolute atomic E-state index is 12.3. The van der Waals surface area contributed by atoms with E-state index < -0.39 is 0 Å². The van der Waals surface area contributed by atoms with Gasteiger partial charge < -0.3 is 10.6 Å². The van der Waals surface area contributed by atoms with Gasteiger partial charge in [-0.1, -0.05) is 12.1 Å². The van der Waals surface area contributed by atoms with Crippen LogP contribution in [-0.4, -0.2) is 15.2 Å². The fourth-order valence-corrected chi connectivity index (χ4v) is 3.01. The molecule has 0 aliphatic rings. The average Bonchev–Trinajstić information content (AvgIpc) is 2.75. The second-order valence-electron chi connectivity index (χ2n) is 5.62.